The van der Waals surface area contributed by atoms with Crippen LogP contribution in [-0.2, 0) is 11.2 Å². The molecule has 4 nitrogen and oxygen atoms in total. The summed E-state index contributed by atoms with van der Waals surface area (Å²) in [4.78, 5) is 14.0. The minimum atomic E-state index is -0.697. The van der Waals surface area contributed by atoms with Crippen LogP contribution in [0.4, 0.5) is 10.1 Å². The number of rotatable bonds is 4. The molecule has 1 saturated heterocycles. The number of hydrogen-bond acceptors (Lipinski definition) is 3. The number of carbonyl (C=O) groups is 1. The number of aryl methyl sites for hydroxylation is 1. The number of nitrogens with one attached hydrogen (secondary N) is 3. The fourth-order valence-electron chi connectivity index (χ4n) is 7.21. The molecule has 1 unspecified atom stereocenters. The zero-order valence-electron chi connectivity index (χ0n) is 19.6. The molecule has 3 atom stereocenters. The largest absolute Gasteiger partial charge is 0.370 e. The molecule has 3 N–H and O–H groups in total. The monoisotopic (exact) mass is 441 g/mol. The predicted octanol–water partition coefficient (Wildman–Crippen LogP) is 5.10. The molecule has 32 heavy (non-hydrogen) atoms. The predicted molar refractivity (Wildman–Crippen MR) is 127 cm³/mol. The number of anilines is 1. The van der Waals surface area contributed by atoms with Gasteiger partial charge in [0.15, 0.2) is 0 Å². The minimum Gasteiger partial charge on any atom is -0.370 e. The van der Waals surface area contributed by atoms with Gasteiger partial charge in [-0.25, -0.2) is 4.39 Å². The summed E-state index contributed by atoms with van der Waals surface area (Å²) in [6.45, 7) is 4.29. The molecule has 2 saturated carbocycles. The Morgan fingerprint density at radius 2 is 1.78 bits per heavy atom. The van der Waals surface area contributed by atoms with Crippen LogP contribution in [0.5, 0.6) is 0 Å². The smallest absolute Gasteiger partial charge is 0.246 e. The molecule has 176 valence electrons. The van der Waals surface area contributed by atoms with Crippen LogP contribution in [0.2, 0.25) is 0 Å². The molecule has 3 fully saturated rings. The van der Waals surface area contributed by atoms with Crippen LogP contribution >= 0.6 is 0 Å². The number of benzene rings is 1. The molecule has 0 aromatic heterocycles. The highest BCUT2D eigenvalue weighted by Gasteiger charge is 2.51. The van der Waals surface area contributed by atoms with Gasteiger partial charge in [-0.05, 0) is 87.9 Å². The van der Waals surface area contributed by atoms with E-state index in [2.05, 4.69) is 16.0 Å². The normalized spacial score (nSPS) is 31.7. The van der Waals surface area contributed by atoms with Crippen molar-refractivity contribution in [3.63, 3.8) is 0 Å². The van der Waals surface area contributed by atoms with Gasteiger partial charge < -0.3 is 16.0 Å². The molecule has 2 heterocycles. The molecule has 0 radical (unpaired) electrons. The van der Waals surface area contributed by atoms with Gasteiger partial charge in [-0.1, -0.05) is 38.2 Å². The van der Waals surface area contributed by atoms with Gasteiger partial charge in [0.2, 0.25) is 5.91 Å². The standard InChI is InChI=1S/C27H40FN3O/c1-18-10-11-24(28)23-17-27(31-25(18)23,21-7-3-2-4-8-21)26(32)30-22-9-5-6-20(16-22)19-12-14-29-15-13-19/h10-11,19-22,29,31H,2-9,12-17H2,1H3,(H,30,32)/t20-,22-,27?/m0/s1. The van der Waals surface area contributed by atoms with Crippen molar-refractivity contribution < 1.29 is 9.18 Å². The van der Waals surface area contributed by atoms with E-state index >= 15 is 0 Å². The van der Waals surface area contributed by atoms with Gasteiger partial charge in [-0.2, -0.15) is 0 Å². The molecular weight excluding hydrogens is 401 g/mol. The van der Waals surface area contributed by atoms with E-state index in [1.54, 1.807) is 6.07 Å². The average molecular weight is 442 g/mol. The minimum absolute atomic E-state index is 0.121. The Kier molecular flexibility index (Phi) is 6.46. The number of piperidine rings is 1. The van der Waals surface area contributed by atoms with Crippen molar-refractivity contribution in [1.29, 1.82) is 0 Å². The van der Waals surface area contributed by atoms with Crippen LogP contribution in [0.25, 0.3) is 0 Å². The molecule has 4 aliphatic rings. The van der Waals surface area contributed by atoms with Crippen LogP contribution in [0.1, 0.15) is 81.8 Å². The molecule has 0 spiro atoms. The first-order chi connectivity index (χ1) is 15.6. The van der Waals surface area contributed by atoms with E-state index in [0.29, 0.717) is 12.0 Å². The van der Waals surface area contributed by atoms with E-state index < -0.39 is 5.54 Å². The highest BCUT2D eigenvalue weighted by molar-refractivity contribution is 5.93. The van der Waals surface area contributed by atoms with Crippen molar-refractivity contribution in [3.05, 3.63) is 29.1 Å². The van der Waals surface area contributed by atoms with E-state index in [4.69, 9.17) is 0 Å². The second kappa shape index (κ2) is 9.32. The summed E-state index contributed by atoms with van der Waals surface area (Å²) in [5, 5.41) is 10.6. The third-order valence-corrected chi connectivity index (χ3v) is 9.08. The molecule has 1 aromatic rings. The highest BCUT2D eigenvalue weighted by Crippen LogP contribution is 2.45. The Labute approximate surface area is 192 Å². The van der Waals surface area contributed by atoms with Gasteiger partial charge >= 0.3 is 0 Å². The van der Waals surface area contributed by atoms with Crippen LogP contribution in [-0.4, -0.2) is 30.6 Å². The van der Waals surface area contributed by atoms with Gasteiger partial charge in [0.25, 0.3) is 0 Å². The van der Waals surface area contributed by atoms with Crippen molar-refractivity contribution in [1.82, 2.24) is 10.6 Å². The van der Waals surface area contributed by atoms with Gasteiger partial charge in [-0.3, -0.25) is 4.79 Å². The maximum Gasteiger partial charge on any atom is 0.246 e. The molecule has 1 aromatic carbocycles. The van der Waals surface area contributed by atoms with Crippen molar-refractivity contribution in [2.24, 2.45) is 17.8 Å². The van der Waals surface area contributed by atoms with Gasteiger partial charge in [0.05, 0.1) is 0 Å². The molecule has 5 heteroatoms. The fraction of sp³-hybridized carbons (Fsp3) is 0.741. The van der Waals surface area contributed by atoms with Crippen molar-refractivity contribution in [2.75, 3.05) is 18.4 Å². The zero-order chi connectivity index (χ0) is 22.1. The van der Waals surface area contributed by atoms with Gasteiger partial charge in [0.1, 0.15) is 11.4 Å². The van der Waals surface area contributed by atoms with Crippen LogP contribution < -0.4 is 16.0 Å². The topological polar surface area (TPSA) is 53.2 Å². The molecule has 1 amide bonds. The SMILES string of the molecule is Cc1ccc(F)c2c1NC(C(=O)N[C@H]1CCC[C@H](C3CCNCC3)C1)(C1CCCCC1)C2. The van der Waals surface area contributed by atoms with E-state index in [9.17, 15) is 9.18 Å². The Bertz CT molecular complexity index is 797. The quantitative estimate of drug-likeness (QED) is 0.610. The van der Waals surface area contributed by atoms with Crippen molar-refractivity contribution in [3.8, 4) is 0 Å². The summed E-state index contributed by atoms with van der Waals surface area (Å²) < 4.78 is 14.8. The second-order valence-corrected chi connectivity index (χ2v) is 11.0. The van der Waals surface area contributed by atoms with E-state index in [-0.39, 0.29) is 23.7 Å². The second-order valence-electron chi connectivity index (χ2n) is 11.0. The molecule has 2 aliphatic heterocycles. The first-order valence-electron chi connectivity index (χ1n) is 13.1. The fourth-order valence-corrected chi connectivity index (χ4v) is 7.21. The molecule has 2 aliphatic carbocycles. The lowest BCUT2D eigenvalue weighted by molar-refractivity contribution is -0.128. The number of halogens is 1. The van der Waals surface area contributed by atoms with Crippen molar-refractivity contribution in [2.45, 2.75) is 95.6 Å². The van der Waals surface area contributed by atoms with E-state index in [1.807, 2.05) is 13.0 Å². The number of hydrogen-bond donors (Lipinski definition) is 3. The van der Waals surface area contributed by atoms with Crippen molar-refractivity contribution >= 4 is 11.6 Å². The first-order valence-corrected chi connectivity index (χ1v) is 13.1. The van der Waals surface area contributed by atoms with Crippen LogP contribution in [0.15, 0.2) is 12.1 Å². The van der Waals surface area contributed by atoms with E-state index in [1.165, 1.54) is 44.9 Å². The first kappa shape index (κ1) is 22.2. The summed E-state index contributed by atoms with van der Waals surface area (Å²) in [7, 11) is 0. The number of amides is 1. The maximum absolute atomic E-state index is 14.8. The third kappa shape index (κ3) is 4.18. The van der Waals surface area contributed by atoms with Gasteiger partial charge in [-0.15, -0.1) is 0 Å². The summed E-state index contributed by atoms with van der Waals surface area (Å²) in [5.74, 6) is 1.75. The Balaban J connectivity index is 1.35. The molecule has 0 bridgehead atoms. The zero-order valence-corrected chi connectivity index (χ0v) is 19.6. The number of carbonyl (C=O) groups excluding carboxylic acids is 1. The summed E-state index contributed by atoms with van der Waals surface area (Å²) in [6, 6.07) is 3.66. The lowest BCUT2D eigenvalue weighted by Crippen LogP contribution is -2.59. The summed E-state index contributed by atoms with van der Waals surface area (Å²) >= 11 is 0. The van der Waals surface area contributed by atoms with E-state index in [0.717, 1.165) is 61.9 Å². The average Bonchev–Trinajstić information content (AvgIpc) is 3.27. The lowest BCUT2D eigenvalue weighted by Gasteiger charge is -2.42. The lowest BCUT2D eigenvalue weighted by atomic mass is 9.71. The number of fused-ring (bicyclic) bond motifs is 1. The van der Waals surface area contributed by atoms with Gasteiger partial charge in [0, 0.05) is 23.7 Å². The van der Waals surface area contributed by atoms with Crippen LogP contribution in [0, 0.1) is 30.5 Å². The third-order valence-electron chi connectivity index (χ3n) is 9.08. The molecule has 5 rings (SSSR count). The summed E-state index contributed by atoms with van der Waals surface area (Å²) in [5.41, 5.74) is 1.91. The summed E-state index contributed by atoms with van der Waals surface area (Å²) in [6.07, 6.45) is 13.4. The Morgan fingerprint density at radius 3 is 2.53 bits per heavy atom. The highest BCUT2D eigenvalue weighted by atomic mass is 19.1. The molecular formula is C27H40FN3O. The van der Waals surface area contributed by atoms with Crippen LogP contribution in [0.3, 0.4) is 0 Å². The Hall–Kier alpha value is -1.62. The Morgan fingerprint density at radius 1 is 1.00 bits per heavy atom. The maximum atomic E-state index is 14.8.